The lowest BCUT2D eigenvalue weighted by atomic mass is 10.2. The number of aromatic amines is 1. The van der Waals surface area contributed by atoms with Gasteiger partial charge in [0, 0.05) is 37.2 Å². The van der Waals surface area contributed by atoms with Gasteiger partial charge in [-0.05, 0) is 13.0 Å². The number of rotatable bonds is 14. The van der Waals surface area contributed by atoms with Crippen molar-refractivity contribution < 1.29 is 51.6 Å². The molecule has 24 nitrogen and oxygen atoms in total. The first kappa shape index (κ1) is 39.1. The van der Waals surface area contributed by atoms with Gasteiger partial charge in [0.1, 0.15) is 54.7 Å². The smallest absolute Gasteiger partial charge is 0.351 e. The maximum atomic E-state index is 13.2. The van der Waals surface area contributed by atoms with Gasteiger partial charge < -0.3 is 54.0 Å². The zero-order valence-corrected chi connectivity index (χ0v) is 30.9. The average molecular weight is 813 g/mol. The minimum atomic E-state index is -3.32. The van der Waals surface area contributed by atoms with Crippen LogP contribution in [-0.2, 0) is 41.4 Å². The molecule has 11 atom stereocenters. The molecule has 55 heavy (non-hydrogen) atoms. The van der Waals surface area contributed by atoms with Crippen molar-refractivity contribution in [1.29, 1.82) is 0 Å². The van der Waals surface area contributed by atoms with Gasteiger partial charge in [0.15, 0.2) is 11.5 Å². The van der Waals surface area contributed by atoms with Crippen LogP contribution in [0.15, 0.2) is 45.5 Å². The molecule has 3 aliphatic rings. The van der Waals surface area contributed by atoms with E-state index >= 15 is 0 Å². The summed E-state index contributed by atoms with van der Waals surface area (Å²) in [6, 6.07) is 1.40. The quantitative estimate of drug-likeness (QED) is 0.0944. The van der Waals surface area contributed by atoms with E-state index in [9.17, 15) is 33.7 Å². The van der Waals surface area contributed by atoms with Crippen molar-refractivity contribution in [2.24, 2.45) is 0 Å². The molecule has 0 spiro atoms. The molecule has 7 rings (SSSR count). The van der Waals surface area contributed by atoms with E-state index in [0.717, 1.165) is 9.13 Å². The summed E-state index contributed by atoms with van der Waals surface area (Å²) >= 11 is 0. The highest BCUT2D eigenvalue weighted by Crippen LogP contribution is 2.41. The minimum Gasteiger partial charge on any atom is -0.394 e. The maximum absolute atomic E-state index is 13.2. The first-order valence-electron chi connectivity index (χ1n) is 16.9. The number of aliphatic hydroxyl groups is 2. The van der Waals surface area contributed by atoms with Gasteiger partial charge in [0.25, 0.3) is 5.56 Å². The van der Waals surface area contributed by atoms with E-state index in [-0.39, 0.29) is 43.1 Å². The summed E-state index contributed by atoms with van der Waals surface area (Å²) in [6.07, 6.45) is -3.09. The zero-order valence-electron chi connectivity index (χ0n) is 28.9. The summed E-state index contributed by atoms with van der Waals surface area (Å²) in [5, 5.41) is 20.6. The molecule has 3 fully saturated rings. The standard InChI is InChI=1S/C29H38N10O14P2/c1-13-7-38(29(44)36-27(13)42)23-6-16(53-54(45)47-9-18-14(41)4-21(50-18)39-12-34-24-25(31)32-11-33-26(24)39)19(51-23)10-48-55(46)52-15-5-22(49-17(15)8-40)37-3-2-20(30)35-28(37)43/h2-3,7,11-12,14-19,21-23,40-41,54-55H,4-6,8-10H2,1H3,(H2,30,35,43)(H2,31,32,33)(H,36,42,44)/t14-,15-,16-,17-,18-,19-,21-,22-,23-/m1/s1. The third kappa shape index (κ3) is 8.49. The Kier molecular flexibility index (Phi) is 11.7. The molecule has 3 aliphatic heterocycles. The van der Waals surface area contributed by atoms with Gasteiger partial charge >= 0.3 is 27.9 Å². The second-order valence-electron chi connectivity index (χ2n) is 12.9. The molecule has 0 saturated carbocycles. The predicted octanol–water partition coefficient (Wildman–Crippen LogP) is -1.10. The topological polar surface area (TPSA) is 325 Å². The molecule has 26 heteroatoms. The Morgan fingerprint density at radius 1 is 0.891 bits per heavy atom. The molecule has 4 aromatic rings. The number of anilines is 2. The van der Waals surface area contributed by atoms with Crippen LogP contribution in [0.2, 0.25) is 0 Å². The third-order valence-electron chi connectivity index (χ3n) is 9.29. The van der Waals surface area contributed by atoms with Crippen LogP contribution in [0.5, 0.6) is 0 Å². The molecular formula is C29H38N10O14P2. The third-order valence-corrected chi connectivity index (χ3v) is 11.1. The number of aryl methyl sites for hydroxylation is 1. The van der Waals surface area contributed by atoms with Gasteiger partial charge in [-0.25, -0.2) is 24.5 Å². The van der Waals surface area contributed by atoms with Crippen LogP contribution in [0.4, 0.5) is 11.6 Å². The lowest BCUT2D eigenvalue weighted by molar-refractivity contribution is -0.0513. The number of nitrogens with zero attached hydrogens (tertiary/aromatic N) is 7. The number of aliphatic hydroxyl groups excluding tert-OH is 2. The van der Waals surface area contributed by atoms with Gasteiger partial charge in [-0.1, -0.05) is 0 Å². The molecule has 7 heterocycles. The fraction of sp³-hybridized carbons (Fsp3) is 0.552. The Hall–Kier alpha value is -4.19. The van der Waals surface area contributed by atoms with Gasteiger partial charge in [-0.3, -0.25) is 32.6 Å². The van der Waals surface area contributed by atoms with E-state index in [1.54, 1.807) is 4.57 Å². The number of hydrogen-bond acceptors (Lipinski definition) is 20. The van der Waals surface area contributed by atoms with Gasteiger partial charge in [0.05, 0.1) is 44.5 Å². The summed E-state index contributed by atoms with van der Waals surface area (Å²) in [6.45, 7) is 0.208. The summed E-state index contributed by atoms with van der Waals surface area (Å²) < 4.78 is 70.1. The van der Waals surface area contributed by atoms with Crippen molar-refractivity contribution in [2.45, 2.75) is 81.5 Å². The Morgan fingerprint density at radius 2 is 1.53 bits per heavy atom. The lowest BCUT2D eigenvalue weighted by Crippen LogP contribution is -2.33. The number of ether oxygens (including phenoxy) is 3. The average Bonchev–Trinajstić information content (AvgIpc) is 3.94. The van der Waals surface area contributed by atoms with E-state index in [1.165, 1.54) is 38.0 Å². The summed E-state index contributed by atoms with van der Waals surface area (Å²) in [5.41, 5.74) is 10.4. The second-order valence-corrected chi connectivity index (χ2v) is 14.9. The molecule has 0 radical (unpaired) electrons. The number of nitrogen functional groups attached to an aromatic ring is 2. The normalized spacial score (nSPS) is 29.3. The monoisotopic (exact) mass is 812 g/mol. The molecule has 298 valence electrons. The Bertz CT molecular complexity index is 2250. The summed E-state index contributed by atoms with van der Waals surface area (Å²) in [5.74, 6) is 0.193. The molecule has 0 aromatic carbocycles. The second kappa shape index (κ2) is 16.5. The van der Waals surface area contributed by atoms with E-state index < -0.39 is 102 Å². The van der Waals surface area contributed by atoms with E-state index in [4.69, 9.17) is 43.8 Å². The van der Waals surface area contributed by atoms with Crippen LogP contribution in [-0.4, -0.2) is 105 Å². The minimum absolute atomic E-state index is 0.0124. The van der Waals surface area contributed by atoms with Crippen LogP contribution in [0.3, 0.4) is 0 Å². The van der Waals surface area contributed by atoms with Crippen LogP contribution in [0.25, 0.3) is 11.2 Å². The van der Waals surface area contributed by atoms with Crippen molar-refractivity contribution in [2.75, 3.05) is 31.3 Å². The fourth-order valence-electron chi connectivity index (χ4n) is 6.48. The molecule has 7 N–H and O–H groups in total. The lowest BCUT2D eigenvalue weighted by Gasteiger charge is -2.21. The molecule has 3 saturated heterocycles. The molecule has 2 unspecified atom stereocenters. The molecule has 0 aliphatic carbocycles. The SMILES string of the molecule is Cc1cn([C@H]2C[C@@H](O[PH](=O)OC[C@H]3O[C@@H](n4cnc5c(N)ncnc54)C[C@H]3O)[C@@H](CO[PH](=O)O[C@@H]3C[C@H](n4ccc(N)nc4=O)O[C@@H]3CO)O2)c(=O)[nH]c1=O. The number of fused-ring (bicyclic) bond motifs is 1. The van der Waals surface area contributed by atoms with Crippen LogP contribution in [0.1, 0.15) is 43.5 Å². The number of nitrogens with two attached hydrogens (primary N) is 2. The van der Waals surface area contributed by atoms with Crippen molar-refractivity contribution >= 4 is 39.3 Å². The van der Waals surface area contributed by atoms with Crippen molar-refractivity contribution in [3.8, 4) is 0 Å². The number of aromatic nitrogens is 8. The highest BCUT2D eigenvalue weighted by molar-refractivity contribution is 7.33. The Labute approximate surface area is 310 Å². The molecular weight excluding hydrogens is 774 g/mol. The number of nitrogens with one attached hydrogen (secondary N) is 1. The van der Waals surface area contributed by atoms with Crippen molar-refractivity contribution in [3.05, 3.63) is 68.0 Å². The Balaban J connectivity index is 0.979. The Morgan fingerprint density at radius 3 is 2.24 bits per heavy atom. The van der Waals surface area contributed by atoms with E-state index in [1.807, 2.05) is 0 Å². The number of hydrogen-bond donors (Lipinski definition) is 5. The van der Waals surface area contributed by atoms with Crippen molar-refractivity contribution in [1.82, 2.24) is 38.6 Å². The summed E-state index contributed by atoms with van der Waals surface area (Å²) in [4.78, 5) is 55.1. The fourth-order valence-corrected chi connectivity index (χ4v) is 8.21. The highest BCUT2D eigenvalue weighted by atomic mass is 31.1. The largest absolute Gasteiger partial charge is 0.394 e. The van der Waals surface area contributed by atoms with Gasteiger partial charge in [-0.2, -0.15) is 4.98 Å². The highest BCUT2D eigenvalue weighted by Gasteiger charge is 2.42. The van der Waals surface area contributed by atoms with E-state index in [2.05, 4.69) is 24.9 Å². The summed E-state index contributed by atoms with van der Waals surface area (Å²) in [7, 11) is -6.65. The predicted molar refractivity (Wildman–Crippen MR) is 187 cm³/mol. The number of H-pyrrole nitrogens is 1. The molecule has 0 bridgehead atoms. The number of imidazole rings is 1. The van der Waals surface area contributed by atoms with Crippen molar-refractivity contribution in [3.63, 3.8) is 0 Å². The van der Waals surface area contributed by atoms with Gasteiger partial charge in [0.2, 0.25) is 0 Å². The first-order valence-corrected chi connectivity index (χ1v) is 19.3. The first-order chi connectivity index (χ1) is 26.4. The van der Waals surface area contributed by atoms with Crippen LogP contribution >= 0.6 is 16.5 Å². The molecule has 4 aromatic heterocycles. The molecule has 0 amide bonds. The van der Waals surface area contributed by atoms with Crippen LogP contribution in [0, 0.1) is 6.92 Å². The van der Waals surface area contributed by atoms with E-state index in [0.29, 0.717) is 11.2 Å². The van der Waals surface area contributed by atoms with Gasteiger partial charge in [-0.15, -0.1) is 0 Å². The van der Waals surface area contributed by atoms with Crippen LogP contribution < -0.4 is 28.4 Å². The maximum Gasteiger partial charge on any atom is 0.351 e. The zero-order chi connectivity index (χ0) is 39.0.